The summed E-state index contributed by atoms with van der Waals surface area (Å²) in [6.45, 7) is 8.48. The largest absolute Gasteiger partial charge is 0.497 e. The van der Waals surface area contributed by atoms with Crippen molar-refractivity contribution < 1.29 is 18.7 Å². The van der Waals surface area contributed by atoms with Crippen LogP contribution in [0.5, 0.6) is 5.75 Å². The second-order valence-corrected chi connectivity index (χ2v) is 10.0. The Bertz CT molecular complexity index is 1030. The molecule has 3 aliphatic rings. The van der Waals surface area contributed by atoms with Crippen LogP contribution in [0.3, 0.4) is 0 Å². The Morgan fingerprint density at radius 3 is 2.67 bits per heavy atom. The molecule has 2 fully saturated rings. The SMILES string of the molecule is COc1ccc2c(c1)N1CCN(Cc3ccc(F)cc3)C[C@H]1[C@@H](C(=O)NCCCN1CCOCC1)C2. The molecular formula is C28H37FN4O3. The first-order valence-electron chi connectivity index (χ1n) is 13.1. The van der Waals surface area contributed by atoms with Crippen molar-refractivity contribution in [3.63, 3.8) is 0 Å². The summed E-state index contributed by atoms with van der Waals surface area (Å²) in [6.07, 6.45) is 1.66. The highest BCUT2D eigenvalue weighted by molar-refractivity contribution is 5.82. The highest BCUT2D eigenvalue weighted by Gasteiger charge is 2.41. The first-order valence-corrected chi connectivity index (χ1v) is 13.1. The molecule has 3 heterocycles. The molecule has 3 aliphatic heterocycles. The Balaban J connectivity index is 1.27. The van der Waals surface area contributed by atoms with Gasteiger partial charge in [-0.25, -0.2) is 4.39 Å². The highest BCUT2D eigenvalue weighted by Crippen LogP contribution is 2.38. The molecule has 2 aromatic carbocycles. The van der Waals surface area contributed by atoms with Gasteiger partial charge in [0.25, 0.3) is 0 Å². The van der Waals surface area contributed by atoms with Crippen molar-refractivity contribution >= 4 is 11.6 Å². The summed E-state index contributed by atoms with van der Waals surface area (Å²) in [5.74, 6) is 0.640. The van der Waals surface area contributed by atoms with Crippen LogP contribution in [0.1, 0.15) is 17.5 Å². The number of ether oxygens (including phenoxy) is 2. The predicted octanol–water partition coefficient (Wildman–Crippen LogP) is 2.54. The van der Waals surface area contributed by atoms with Gasteiger partial charge in [0.05, 0.1) is 32.3 Å². The van der Waals surface area contributed by atoms with E-state index in [4.69, 9.17) is 9.47 Å². The van der Waals surface area contributed by atoms with Crippen LogP contribution in [0.2, 0.25) is 0 Å². The van der Waals surface area contributed by atoms with Crippen molar-refractivity contribution in [3.05, 3.63) is 59.4 Å². The van der Waals surface area contributed by atoms with Crippen LogP contribution in [0.25, 0.3) is 0 Å². The van der Waals surface area contributed by atoms with Crippen LogP contribution in [-0.2, 0) is 22.5 Å². The quantitative estimate of drug-likeness (QED) is 0.567. The monoisotopic (exact) mass is 496 g/mol. The van der Waals surface area contributed by atoms with Gasteiger partial charge in [-0.15, -0.1) is 0 Å². The van der Waals surface area contributed by atoms with Crippen LogP contribution in [0.4, 0.5) is 10.1 Å². The van der Waals surface area contributed by atoms with E-state index in [9.17, 15) is 9.18 Å². The van der Waals surface area contributed by atoms with Gasteiger partial charge in [0.15, 0.2) is 0 Å². The topological polar surface area (TPSA) is 57.3 Å². The van der Waals surface area contributed by atoms with Crippen LogP contribution < -0.4 is 15.0 Å². The molecule has 7 nitrogen and oxygen atoms in total. The second kappa shape index (κ2) is 11.6. The minimum Gasteiger partial charge on any atom is -0.497 e. The Morgan fingerprint density at radius 1 is 1.08 bits per heavy atom. The lowest BCUT2D eigenvalue weighted by Gasteiger charge is -2.49. The number of nitrogens with one attached hydrogen (secondary N) is 1. The number of nitrogens with zero attached hydrogens (tertiary/aromatic N) is 3. The van der Waals surface area contributed by atoms with Gasteiger partial charge in [-0.3, -0.25) is 14.6 Å². The maximum Gasteiger partial charge on any atom is 0.225 e. The summed E-state index contributed by atoms with van der Waals surface area (Å²) in [4.78, 5) is 20.7. The standard InChI is InChI=1S/C28H37FN4O3/c1-35-24-8-5-22-17-25(28(34)30-9-2-10-31-13-15-36-16-14-31)27-20-32(11-12-33(27)26(22)18-24)19-21-3-6-23(29)7-4-21/h3-8,18,25,27H,2,9-17,19-20H2,1H3,(H,30,34)/t25-,27-/m0/s1. The number of amides is 1. The number of hydrogen-bond donors (Lipinski definition) is 1. The molecule has 8 heteroatoms. The van der Waals surface area contributed by atoms with Crippen molar-refractivity contribution in [2.24, 2.45) is 5.92 Å². The van der Waals surface area contributed by atoms with Gasteiger partial charge < -0.3 is 19.7 Å². The smallest absolute Gasteiger partial charge is 0.225 e. The summed E-state index contributed by atoms with van der Waals surface area (Å²) in [5, 5.41) is 3.24. The number of carbonyl (C=O) groups excluding carboxylic acids is 1. The van der Waals surface area contributed by atoms with E-state index >= 15 is 0 Å². The number of fused-ring (bicyclic) bond motifs is 3. The summed E-state index contributed by atoms with van der Waals surface area (Å²) in [5.41, 5.74) is 3.47. The molecule has 2 atom stereocenters. The highest BCUT2D eigenvalue weighted by atomic mass is 19.1. The Hall–Kier alpha value is -2.68. The van der Waals surface area contributed by atoms with Gasteiger partial charge in [0, 0.05) is 57.6 Å². The van der Waals surface area contributed by atoms with Crippen LogP contribution in [0, 0.1) is 11.7 Å². The van der Waals surface area contributed by atoms with E-state index in [1.54, 1.807) is 7.11 Å². The predicted molar refractivity (Wildman–Crippen MR) is 138 cm³/mol. The fraction of sp³-hybridized carbons (Fsp3) is 0.536. The molecule has 0 unspecified atom stereocenters. The zero-order valence-corrected chi connectivity index (χ0v) is 21.1. The van der Waals surface area contributed by atoms with Crippen molar-refractivity contribution in [1.29, 1.82) is 0 Å². The molecule has 2 aromatic rings. The first-order chi connectivity index (χ1) is 17.6. The van der Waals surface area contributed by atoms with Gasteiger partial charge in [0.1, 0.15) is 11.6 Å². The average Bonchev–Trinajstić information content (AvgIpc) is 2.92. The fourth-order valence-electron chi connectivity index (χ4n) is 5.73. The zero-order chi connectivity index (χ0) is 24.9. The first kappa shape index (κ1) is 25.0. The number of methoxy groups -OCH3 is 1. The molecule has 36 heavy (non-hydrogen) atoms. The van der Waals surface area contributed by atoms with E-state index in [1.807, 2.05) is 18.2 Å². The van der Waals surface area contributed by atoms with Gasteiger partial charge in [-0.05, 0) is 48.7 Å². The summed E-state index contributed by atoms with van der Waals surface area (Å²) < 4.78 is 24.3. The third-order valence-corrected chi connectivity index (χ3v) is 7.72. The minimum absolute atomic E-state index is 0.0815. The molecule has 0 saturated carbocycles. The third-order valence-electron chi connectivity index (χ3n) is 7.72. The van der Waals surface area contributed by atoms with Crippen molar-refractivity contribution in [2.75, 3.05) is 71.0 Å². The Labute approximate surface area is 213 Å². The minimum atomic E-state index is -0.216. The van der Waals surface area contributed by atoms with Gasteiger partial charge in [0.2, 0.25) is 5.91 Å². The number of anilines is 1. The van der Waals surface area contributed by atoms with Crippen molar-refractivity contribution in [2.45, 2.75) is 25.4 Å². The lowest BCUT2D eigenvalue weighted by atomic mass is 9.83. The van der Waals surface area contributed by atoms with Gasteiger partial charge >= 0.3 is 0 Å². The van der Waals surface area contributed by atoms with Crippen molar-refractivity contribution in [1.82, 2.24) is 15.1 Å². The Morgan fingerprint density at radius 2 is 1.89 bits per heavy atom. The van der Waals surface area contributed by atoms with E-state index in [1.165, 1.54) is 23.4 Å². The molecule has 0 bridgehead atoms. The number of morpholine rings is 1. The average molecular weight is 497 g/mol. The lowest BCUT2D eigenvalue weighted by Crippen LogP contribution is -2.61. The molecule has 5 rings (SSSR count). The van der Waals surface area contributed by atoms with E-state index < -0.39 is 0 Å². The number of hydrogen-bond acceptors (Lipinski definition) is 6. The fourth-order valence-corrected chi connectivity index (χ4v) is 5.73. The van der Waals surface area contributed by atoms with E-state index in [0.717, 1.165) is 83.2 Å². The maximum atomic E-state index is 13.5. The van der Waals surface area contributed by atoms with Crippen LogP contribution in [-0.4, -0.2) is 87.9 Å². The third kappa shape index (κ3) is 5.82. The molecule has 0 radical (unpaired) electrons. The van der Waals surface area contributed by atoms with Gasteiger partial charge in [-0.2, -0.15) is 0 Å². The molecule has 2 saturated heterocycles. The van der Waals surface area contributed by atoms with E-state index in [0.29, 0.717) is 6.54 Å². The van der Waals surface area contributed by atoms with Crippen molar-refractivity contribution in [3.8, 4) is 5.75 Å². The number of halogens is 1. The molecule has 1 N–H and O–H groups in total. The second-order valence-electron chi connectivity index (χ2n) is 10.0. The van der Waals surface area contributed by atoms with Crippen LogP contribution in [0.15, 0.2) is 42.5 Å². The number of rotatable bonds is 8. The molecule has 0 aromatic heterocycles. The van der Waals surface area contributed by atoms with E-state index in [2.05, 4.69) is 32.1 Å². The van der Waals surface area contributed by atoms with Gasteiger partial charge in [-0.1, -0.05) is 18.2 Å². The van der Waals surface area contributed by atoms with E-state index in [-0.39, 0.29) is 23.7 Å². The summed E-state index contributed by atoms with van der Waals surface area (Å²) in [6, 6.07) is 13.0. The molecule has 1 amide bonds. The maximum absolute atomic E-state index is 13.5. The summed E-state index contributed by atoms with van der Waals surface area (Å²) >= 11 is 0. The lowest BCUT2D eigenvalue weighted by molar-refractivity contribution is -0.126. The van der Waals surface area contributed by atoms with Crippen LogP contribution >= 0.6 is 0 Å². The zero-order valence-electron chi connectivity index (χ0n) is 21.1. The number of carbonyl (C=O) groups is 1. The Kier molecular flexibility index (Phi) is 8.04. The summed E-state index contributed by atoms with van der Waals surface area (Å²) in [7, 11) is 1.69. The number of piperazine rings is 1. The number of benzene rings is 2. The molecule has 194 valence electrons. The normalized spacial score (nSPS) is 22.6. The molecular weight excluding hydrogens is 459 g/mol. The molecule has 0 spiro atoms. The molecule has 0 aliphatic carbocycles.